The standard InChI is InChI=1S/C19H31N3O3S/c1-18(2,13-21(5)6)12-20-26(24,25)14-8-9-16-15(10-14)19(3,4)11-17(23)22(16)7/h8-10,20H,11-13H2,1-7H3. The van der Waals surface area contributed by atoms with Gasteiger partial charge in [0.05, 0.1) is 4.90 Å². The van der Waals surface area contributed by atoms with Gasteiger partial charge in [-0.25, -0.2) is 13.1 Å². The van der Waals surface area contributed by atoms with Gasteiger partial charge in [0.2, 0.25) is 15.9 Å². The molecular formula is C19H31N3O3S. The van der Waals surface area contributed by atoms with Crippen LogP contribution in [-0.4, -0.2) is 53.5 Å². The molecule has 0 aliphatic carbocycles. The molecule has 0 spiro atoms. The molecule has 1 aromatic carbocycles. The number of fused-ring (bicyclic) bond motifs is 1. The van der Waals surface area contributed by atoms with Crippen LogP contribution in [-0.2, 0) is 20.2 Å². The van der Waals surface area contributed by atoms with Crippen molar-refractivity contribution in [2.24, 2.45) is 5.41 Å². The van der Waals surface area contributed by atoms with Gasteiger partial charge in [-0.1, -0.05) is 27.7 Å². The Labute approximate surface area is 157 Å². The van der Waals surface area contributed by atoms with Crippen LogP contribution >= 0.6 is 0 Å². The minimum Gasteiger partial charge on any atom is -0.315 e. The maximum Gasteiger partial charge on any atom is 0.240 e. The topological polar surface area (TPSA) is 69.7 Å². The van der Waals surface area contributed by atoms with E-state index in [0.29, 0.717) is 13.0 Å². The summed E-state index contributed by atoms with van der Waals surface area (Å²) in [5.74, 6) is 0.0432. The summed E-state index contributed by atoms with van der Waals surface area (Å²) in [5.41, 5.74) is 1.08. The Morgan fingerprint density at radius 1 is 1.27 bits per heavy atom. The Kier molecular flexibility index (Phi) is 5.57. The third-order valence-corrected chi connectivity index (χ3v) is 6.22. The van der Waals surface area contributed by atoms with E-state index in [-0.39, 0.29) is 16.2 Å². The van der Waals surface area contributed by atoms with E-state index in [1.54, 1.807) is 30.1 Å². The van der Waals surface area contributed by atoms with Crippen molar-refractivity contribution in [3.05, 3.63) is 23.8 Å². The predicted molar refractivity (Wildman–Crippen MR) is 105 cm³/mol. The minimum absolute atomic E-state index is 0.0432. The number of amides is 1. The van der Waals surface area contributed by atoms with Gasteiger partial charge in [-0.05, 0) is 43.3 Å². The van der Waals surface area contributed by atoms with E-state index in [9.17, 15) is 13.2 Å². The third-order valence-electron chi connectivity index (χ3n) is 4.82. The van der Waals surface area contributed by atoms with E-state index in [4.69, 9.17) is 0 Å². The summed E-state index contributed by atoms with van der Waals surface area (Å²) in [6.07, 6.45) is 0.364. The third kappa shape index (κ3) is 4.45. The van der Waals surface area contributed by atoms with Gasteiger partial charge in [0.25, 0.3) is 0 Å². The predicted octanol–water partition coefficient (Wildman–Crippen LogP) is 2.20. The Balaban J connectivity index is 2.31. The van der Waals surface area contributed by atoms with Crippen molar-refractivity contribution in [2.75, 3.05) is 39.1 Å². The molecule has 0 fully saturated rings. The Bertz CT molecular complexity index is 798. The highest BCUT2D eigenvalue weighted by Crippen LogP contribution is 2.40. The summed E-state index contributed by atoms with van der Waals surface area (Å²) in [6.45, 7) is 9.14. The Hall–Kier alpha value is -1.44. The molecule has 0 atom stereocenters. The normalized spacial score (nSPS) is 17.5. The summed E-state index contributed by atoms with van der Waals surface area (Å²) in [4.78, 5) is 16.0. The number of carbonyl (C=O) groups is 1. The molecule has 26 heavy (non-hydrogen) atoms. The van der Waals surface area contributed by atoms with Gasteiger partial charge in [0.1, 0.15) is 0 Å². The SMILES string of the molecule is CN(C)CC(C)(C)CNS(=O)(=O)c1ccc2c(c1)C(C)(C)CC(=O)N2C. The van der Waals surface area contributed by atoms with Gasteiger partial charge in [0, 0.05) is 37.7 Å². The van der Waals surface area contributed by atoms with Gasteiger partial charge in [-0.3, -0.25) is 4.79 Å². The van der Waals surface area contributed by atoms with Crippen molar-refractivity contribution in [3.63, 3.8) is 0 Å². The van der Waals surface area contributed by atoms with Crippen molar-refractivity contribution < 1.29 is 13.2 Å². The van der Waals surface area contributed by atoms with Crippen molar-refractivity contribution in [1.29, 1.82) is 0 Å². The number of nitrogens with zero attached hydrogens (tertiary/aromatic N) is 2. The maximum atomic E-state index is 12.8. The van der Waals surface area contributed by atoms with Crippen LogP contribution in [0, 0.1) is 5.41 Å². The Morgan fingerprint density at radius 3 is 2.46 bits per heavy atom. The zero-order valence-electron chi connectivity index (χ0n) is 16.9. The second-order valence-corrected chi connectivity index (χ2v) is 10.7. The van der Waals surface area contributed by atoms with Crippen LogP contribution in [0.25, 0.3) is 0 Å². The van der Waals surface area contributed by atoms with Crippen LogP contribution in [0.1, 0.15) is 39.7 Å². The van der Waals surface area contributed by atoms with Crippen molar-refractivity contribution >= 4 is 21.6 Å². The van der Waals surface area contributed by atoms with E-state index in [1.807, 2.05) is 46.7 Å². The lowest BCUT2D eigenvalue weighted by atomic mass is 9.77. The lowest BCUT2D eigenvalue weighted by molar-refractivity contribution is -0.119. The zero-order chi connectivity index (χ0) is 19.9. The molecule has 6 nitrogen and oxygen atoms in total. The highest BCUT2D eigenvalue weighted by atomic mass is 32.2. The molecule has 7 heteroatoms. The van der Waals surface area contributed by atoms with Crippen LogP contribution < -0.4 is 9.62 Å². The largest absolute Gasteiger partial charge is 0.315 e. The van der Waals surface area contributed by atoms with E-state index in [0.717, 1.165) is 17.8 Å². The van der Waals surface area contributed by atoms with Gasteiger partial charge >= 0.3 is 0 Å². The van der Waals surface area contributed by atoms with Crippen molar-refractivity contribution in [2.45, 2.75) is 44.4 Å². The summed E-state index contributed by atoms with van der Waals surface area (Å²) in [6, 6.07) is 5.01. The van der Waals surface area contributed by atoms with E-state index < -0.39 is 15.4 Å². The molecular weight excluding hydrogens is 350 g/mol. The lowest BCUT2D eigenvalue weighted by Crippen LogP contribution is -2.41. The highest BCUT2D eigenvalue weighted by Gasteiger charge is 2.36. The molecule has 1 aliphatic rings. The number of nitrogens with one attached hydrogen (secondary N) is 1. The van der Waals surface area contributed by atoms with Gasteiger partial charge < -0.3 is 9.80 Å². The Morgan fingerprint density at radius 2 is 1.88 bits per heavy atom. The first-order chi connectivity index (χ1) is 11.8. The second kappa shape index (κ2) is 6.94. The number of hydrogen-bond donors (Lipinski definition) is 1. The zero-order valence-corrected chi connectivity index (χ0v) is 17.7. The van der Waals surface area contributed by atoms with E-state index in [1.165, 1.54) is 0 Å². The molecule has 0 saturated carbocycles. The number of rotatable bonds is 6. The molecule has 0 bridgehead atoms. The maximum absolute atomic E-state index is 12.8. The molecule has 1 amide bonds. The first-order valence-electron chi connectivity index (χ1n) is 8.81. The molecule has 0 aromatic heterocycles. The summed E-state index contributed by atoms with van der Waals surface area (Å²) in [5, 5.41) is 0. The molecule has 0 radical (unpaired) electrons. The average Bonchev–Trinajstić information content (AvgIpc) is 2.49. The lowest BCUT2D eigenvalue weighted by Gasteiger charge is -2.37. The van der Waals surface area contributed by atoms with Crippen LogP contribution in [0.2, 0.25) is 0 Å². The van der Waals surface area contributed by atoms with E-state index in [2.05, 4.69) is 4.72 Å². The number of anilines is 1. The molecule has 0 saturated heterocycles. The van der Waals surface area contributed by atoms with Crippen molar-refractivity contribution in [1.82, 2.24) is 9.62 Å². The second-order valence-electron chi connectivity index (χ2n) is 8.92. The molecule has 1 aliphatic heterocycles. The van der Waals surface area contributed by atoms with Gasteiger partial charge in [-0.15, -0.1) is 0 Å². The van der Waals surface area contributed by atoms with Crippen LogP contribution in [0.5, 0.6) is 0 Å². The summed E-state index contributed by atoms with van der Waals surface area (Å²) in [7, 11) is 2.06. The van der Waals surface area contributed by atoms with Crippen LogP contribution in [0.4, 0.5) is 5.69 Å². The average molecular weight is 382 g/mol. The summed E-state index contributed by atoms with van der Waals surface area (Å²) < 4.78 is 28.3. The van der Waals surface area contributed by atoms with Crippen LogP contribution in [0.3, 0.4) is 0 Å². The number of carbonyl (C=O) groups excluding carboxylic acids is 1. The molecule has 0 unspecified atom stereocenters. The molecule has 2 rings (SSSR count). The monoisotopic (exact) mass is 381 g/mol. The smallest absolute Gasteiger partial charge is 0.240 e. The fraction of sp³-hybridized carbons (Fsp3) is 0.632. The fourth-order valence-corrected chi connectivity index (χ4v) is 4.80. The quantitative estimate of drug-likeness (QED) is 0.820. The van der Waals surface area contributed by atoms with Gasteiger partial charge in [-0.2, -0.15) is 0 Å². The number of hydrogen-bond acceptors (Lipinski definition) is 4. The highest BCUT2D eigenvalue weighted by molar-refractivity contribution is 7.89. The molecule has 1 heterocycles. The van der Waals surface area contributed by atoms with Crippen molar-refractivity contribution in [3.8, 4) is 0 Å². The fourth-order valence-electron chi connectivity index (χ4n) is 3.53. The van der Waals surface area contributed by atoms with E-state index >= 15 is 0 Å². The number of sulfonamides is 1. The summed E-state index contributed by atoms with van der Waals surface area (Å²) >= 11 is 0. The molecule has 146 valence electrons. The first-order valence-corrected chi connectivity index (χ1v) is 10.3. The van der Waals surface area contributed by atoms with Gasteiger partial charge in [0.15, 0.2) is 0 Å². The first kappa shape index (κ1) is 20.9. The molecule has 1 aromatic rings. The molecule has 1 N–H and O–H groups in total. The minimum atomic E-state index is -3.62. The number of benzene rings is 1. The van der Waals surface area contributed by atoms with Crippen LogP contribution in [0.15, 0.2) is 23.1 Å².